The van der Waals surface area contributed by atoms with Crippen LogP contribution in [0.4, 0.5) is 11.4 Å². The summed E-state index contributed by atoms with van der Waals surface area (Å²) in [5.74, 6) is -0.345. The van der Waals surface area contributed by atoms with Crippen molar-refractivity contribution in [2.24, 2.45) is 0 Å². The Morgan fingerprint density at radius 3 is 2.70 bits per heavy atom. The highest BCUT2D eigenvalue weighted by molar-refractivity contribution is 6.02. The van der Waals surface area contributed by atoms with E-state index in [-0.39, 0.29) is 11.8 Å². The highest BCUT2D eigenvalue weighted by Crippen LogP contribution is 2.23. The minimum absolute atomic E-state index is 0.132. The van der Waals surface area contributed by atoms with E-state index in [1.165, 1.54) is 0 Å². The molecule has 0 spiro atoms. The van der Waals surface area contributed by atoms with Crippen LogP contribution in [0.5, 0.6) is 0 Å². The van der Waals surface area contributed by atoms with Crippen LogP contribution in [0, 0.1) is 0 Å². The van der Waals surface area contributed by atoms with E-state index in [0.29, 0.717) is 29.9 Å². The van der Waals surface area contributed by atoms with Gasteiger partial charge in [0.25, 0.3) is 5.91 Å². The molecular formula is C14H20N4O2. The Hall–Kier alpha value is -2.24. The maximum absolute atomic E-state index is 12.6. The average molecular weight is 276 g/mol. The van der Waals surface area contributed by atoms with Gasteiger partial charge in [0.05, 0.1) is 5.56 Å². The van der Waals surface area contributed by atoms with Crippen molar-refractivity contribution in [2.75, 3.05) is 25.1 Å². The number of nitrogens with two attached hydrogens (primary N) is 2. The summed E-state index contributed by atoms with van der Waals surface area (Å²) in [6.07, 6.45) is 2.52. The average Bonchev–Trinajstić information content (AvgIpc) is 2.46. The van der Waals surface area contributed by atoms with Crippen LogP contribution >= 0.6 is 0 Å². The van der Waals surface area contributed by atoms with Crippen LogP contribution in [0.15, 0.2) is 18.2 Å². The second kappa shape index (κ2) is 5.81. The topological polar surface area (TPSA) is 101 Å². The van der Waals surface area contributed by atoms with Gasteiger partial charge in [-0.2, -0.15) is 0 Å². The van der Waals surface area contributed by atoms with E-state index < -0.39 is 6.04 Å². The van der Waals surface area contributed by atoms with E-state index in [2.05, 4.69) is 5.32 Å². The van der Waals surface area contributed by atoms with Gasteiger partial charge in [0.1, 0.15) is 6.04 Å². The normalized spacial score (nSPS) is 18.6. The zero-order valence-corrected chi connectivity index (χ0v) is 11.6. The third kappa shape index (κ3) is 2.68. The molecule has 6 nitrogen and oxygen atoms in total. The number of nitrogen functional groups attached to an aromatic ring is 2. The first-order chi connectivity index (χ1) is 9.54. The molecular weight excluding hydrogens is 256 g/mol. The van der Waals surface area contributed by atoms with Gasteiger partial charge < -0.3 is 21.7 Å². The molecule has 1 aromatic rings. The summed E-state index contributed by atoms with van der Waals surface area (Å²) in [5, 5.41) is 2.61. The fourth-order valence-corrected chi connectivity index (χ4v) is 2.54. The number of carbonyl (C=O) groups excluding carboxylic acids is 2. The quantitative estimate of drug-likeness (QED) is 0.688. The molecule has 0 saturated carbocycles. The fraction of sp³-hybridized carbons (Fsp3) is 0.429. The SMILES string of the molecule is CNC(=O)C1CCCCN1C(=O)c1ccc(N)cc1N. The van der Waals surface area contributed by atoms with Crippen LogP contribution in [0.25, 0.3) is 0 Å². The first-order valence-corrected chi connectivity index (χ1v) is 6.72. The van der Waals surface area contributed by atoms with Gasteiger partial charge >= 0.3 is 0 Å². The van der Waals surface area contributed by atoms with Crippen molar-refractivity contribution >= 4 is 23.2 Å². The standard InChI is InChI=1S/C14H20N4O2/c1-17-13(19)12-4-2-3-7-18(12)14(20)10-6-5-9(15)8-11(10)16/h5-6,8,12H,2-4,7,15-16H2,1H3,(H,17,19). The monoisotopic (exact) mass is 276 g/mol. The Bertz CT molecular complexity index is 530. The molecule has 5 N–H and O–H groups in total. The zero-order valence-electron chi connectivity index (χ0n) is 11.6. The van der Waals surface area contributed by atoms with Gasteiger partial charge in [0, 0.05) is 25.0 Å². The molecule has 0 radical (unpaired) electrons. The summed E-state index contributed by atoms with van der Waals surface area (Å²) in [5.41, 5.74) is 12.7. The molecule has 1 aliphatic rings. The van der Waals surface area contributed by atoms with E-state index in [1.807, 2.05) is 0 Å². The van der Waals surface area contributed by atoms with Crippen molar-refractivity contribution in [1.29, 1.82) is 0 Å². The number of nitrogens with zero attached hydrogens (tertiary/aromatic N) is 1. The number of hydrogen-bond donors (Lipinski definition) is 3. The highest BCUT2D eigenvalue weighted by atomic mass is 16.2. The number of anilines is 2. The second-order valence-electron chi connectivity index (χ2n) is 4.97. The number of likely N-dealkylation sites (N-methyl/N-ethyl adjacent to an activating group) is 1. The number of carbonyl (C=O) groups is 2. The van der Waals surface area contributed by atoms with E-state index >= 15 is 0 Å². The summed E-state index contributed by atoms with van der Waals surface area (Å²) in [6, 6.07) is 4.40. The molecule has 0 bridgehead atoms. The molecule has 108 valence electrons. The molecule has 2 amide bonds. The van der Waals surface area contributed by atoms with Gasteiger partial charge in [-0.25, -0.2) is 0 Å². The number of rotatable bonds is 2. The molecule has 1 unspecified atom stereocenters. The zero-order chi connectivity index (χ0) is 14.7. The summed E-state index contributed by atoms with van der Waals surface area (Å²) in [4.78, 5) is 26.1. The van der Waals surface area contributed by atoms with Gasteiger partial charge in [0.15, 0.2) is 0 Å². The molecule has 1 aliphatic heterocycles. The van der Waals surface area contributed by atoms with Crippen molar-refractivity contribution in [3.63, 3.8) is 0 Å². The largest absolute Gasteiger partial charge is 0.399 e. The Morgan fingerprint density at radius 2 is 2.05 bits per heavy atom. The number of nitrogens with one attached hydrogen (secondary N) is 1. The molecule has 1 atom stereocenters. The van der Waals surface area contributed by atoms with Crippen molar-refractivity contribution < 1.29 is 9.59 Å². The summed E-state index contributed by atoms with van der Waals surface area (Å²) in [7, 11) is 1.58. The molecule has 20 heavy (non-hydrogen) atoms. The Balaban J connectivity index is 2.27. The first kappa shape index (κ1) is 14.2. The first-order valence-electron chi connectivity index (χ1n) is 6.72. The number of benzene rings is 1. The maximum Gasteiger partial charge on any atom is 0.256 e. The number of piperidine rings is 1. The van der Waals surface area contributed by atoms with E-state index in [4.69, 9.17) is 11.5 Å². The van der Waals surface area contributed by atoms with E-state index in [0.717, 1.165) is 12.8 Å². The Morgan fingerprint density at radius 1 is 1.30 bits per heavy atom. The van der Waals surface area contributed by atoms with Crippen LogP contribution in [0.1, 0.15) is 29.6 Å². The summed E-state index contributed by atoms with van der Waals surface area (Å²) < 4.78 is 0. The lowest BCUT2D eigenvalue weighted by atomic mass is 9.99. The van der Waals surface area contributed by atoms with Gasteiger partial charge in [-0.1, -0.05) is 0 Å². The number of amides is 2. The molecule has 1 heterocycles. The van der Waals surface area contributed by atoms with Crippen molar-refractivity contribution in [1.82, 2.24) is 10.2 Å². The lowest BCUT2D eigenvalue weighted by molar-refractivity contribution is -0.126. The number of likely N-dealkylation sites (tertiary alicyclic amines) is 1. The van der Waals surface area contributed by atoms with Crippen molar-refractivity contribution in [3.8, 4) is 0 Å². The van der Waals surface area contributed by atoms with Crippen LogP contribution in [-0.4, -0.2) is 36.3 Å². The van der Waals surface area contributed by atoms with Crippen molar-refractivity contribution in [2.45, 2.75) is 25.3 Å². The molecule has 1 saturated heterocycles. The molecule has 2 rings (SSSR count). The van der Waals surface area contributed by atoms with E-state index in [9.17, 15) is 9.59 Å². The number of hydrogen-bond acceptors (Lipinski definition) is 4. The lowest BCUT2D eigenvalue weighted by Crippen LogP contribution is -2.51. The third-order valence-electron chi connectivity index (χ3n) is 3.62. The highest BCUT2D eigenvalue weighted by Gasteiger charge is 2.32. The molecule has 6 heteroatoms. The fourth-order valence-electron chi connectivity index (χ4n) is 2.54. The molecule has 1 fully saturated rings. The van der Waals surface area contributed by atoms with Crippen LogP contribution in [0.2, 0.25) is 0 Å². The molecule has 1 aromatic carbocycles. The van der Waals surface area contributed by atoms with Crippen LogP contribution in [-0.2, 0) is 4.79 Å². The van der Waals surface area contributed by atoms with Gasteiger partial charge in [-0.3, -0.25) is 9.59 Å². The summed E-state index contributed by atoms with van der Waals surface area (Å²) in [6.45, 7) is 0.570. The maximum atomic E-state index is 12.6. The smallest absolute Gasteiger partial charge is 0.256 e. The van der Waals surface area contributed by atoms with E-state index in [1.54, 1.807) is 30.1 Å². The van der Waals surface area contributed by atoms with Crippen LogP contribution < -0.4 is 16.8 Å². The minimum Gasteiger partial charge on any atom is -0.399 e. The van der Waals surface area contributed by atoms with Crippen LogP contribution in [0.3, 0.4) is 0 Å². The van der Waals surface area contributed by atoms with Gasteiger partial charge in [-0.05, 0) is 37.5 Å². The second-order valence-corrected chi connectivity index (χ2v) is 4.97. The minimum atomic E-state index is -0.418. The molecule has 0 aromatic heterocycles. The third-order valence-corrected chi connectivity index (χ3v) is 3.62. The lowest BCUT2D eigenvalue weighted by Gasteiger charge is -2.34. The Labute approximate surface area is 118 Å². The van der Waals surface area contributed by atoms with Gasteiger partial charge in [-0.15, -0.1) is 0 Å². The molecule has 0 aliphatic carbocycles. The van der Waals surface area contributed by atoms with Gasteiger partial charge in [0.2, 0.25) is 5.91 Å². The predicted molar refractivity (Wildman–Crippen MR) is 78.0 cm³/mol. The summed E-state index contributed by atoms with van der Waals surface area (Å²) >= 11 is 0. The van der Waals surface area contributed by atoms with Crippen molar-refractivity contribution in [3.05, 3.63) is 23.8 Å². The predicted octanol–water partition coefficient (Wildman–Crippen LogP) is 0.592. The Kier molecular flexibility index (Phi) is 4.12.